The number of likely N-dealkylation sites (N-methyl/N-ethyl adjacent to an activating group) is 1. The molecule has 1 aromatic heterocycles. The van der Waals surface area contributed by atoms with Gasteiger partial charge in [0.2, 0.25) is 0 Å². The van der Waals surface area contributed by atoms with Crippen LogP contribution in [0.25, 0.3) is 0 Å². The minimum Gasteiger partial charge on any atom is -0.383 e. The number of hydrogen-bond acceptors (Lipinski definition) is 4. The number of nitrogens with zero attached hydrogens (tertiary/aromatic N) is 2. The average molecular weight is 237 g/mol. The molecule has 0 saturated carbocycles. The van der Waals surface area contributed by atoms with Crippen molar-refractivity contribution in [1.29, 1.82) is 0 Å². The van der Waals surface area contributed by atoms with Crippen molar-refractivity contribution < 1.29 is 9.53 Å². The summed E-state index contributed by atoms with van der Waals surface area (Å²) >= 11 is 0. The van der Waals surface area contributed by atoms with Crippen molar-refractivity contribution in [2.24, 2.45) is 0 Å². The third-order valence-corrected chi connectivity index (χ3v) is 2.30. The van der Waals surface area contributed by atoms with Gasteiger partial charge in [-0.2, -0.15) is 0 Å². The molecule has 0 fully saturated rings. The first kappa shape index (κ1) is 13.4. The molecule has 0 aliphatic heterocycles. The highest BCUT2D eigenvalue weighted by Crippen LogP contribution is 2.06. The molecule has 1 amide bonds. The number of amides is 1. The molecule has 0 aliphatic carbocycles. The van der Waals surface area contributed by atoms with Gasteiger partial charge in [-0.1, -0.05) is 6.07 Å². The van der Waals surface area contributed by atoms with E-state index < -0.39 is 0 Å². The van der Waals surface area contributed by atoms with E-state index in [-0.39, 0.29) is 5.91 Å². The van der Waals surface area contributed by atoms with E-state index in [0.29, 0.717) is 18.8 Å². The first-order chi connectivity index (χ1) is 8.19. The van der Waals surface area contributed by atoms with Crippen LogP contribution in [0.15, 0.2) is 18.2 Å². The van der Waals surface area contributed by atoms with Crippen LogP contribution in [0, 0.1) is 0 Å². The second-order valence-electron chi connectivity index (χ2n) is 3.66. The molecule has 0 bridgehead atoms. The van der Waals surface area contributed by atoms with Gasteiger partial charge in [-0.05, 0) is 19.1 Å². The van der Waals surface area contributed by atoms with Crippen LogP contribution in [-0.2, 0) is 4.74 Å². The Labute approximate surface area is 102 Å². The molecule has 0 unspecified atom stereocenters. The highest BCUT2D eigenvalue weighted by Gasteiger charge is 2.12. The molecule has 0 aliphatic rings. The molecular weight excluding hydrogens is 218 g/mol. The molecule has 5 nitrogen and oxygen atoms in total. The Bertz CT molecular complexity index is 369. The molecule has 1 rings (SSSR count). The Balaban J connectivity index is 2.70. The lowest BCUT2D eigenvalue weighted by Gasteiger charge is -2.16. The summed E-state index contributed by atoms with van der Waals surface area (Å²) in [4.78, 5) is 17.8. The van der Waals surface area contributed by atoms with Crippen molar-refractivity contribution in [3.8, 4) is 0 Å². The number of pyridine rings is 1. The van der Waals surface area contributed by atoms with Crippen LogP contribution in [0.5, 0.6) is 0 Å². The first-order valence-corrected chi connectivity index (χ1v) is 5.64. The SMILES string of the molecule is CCNc1cccc(C(=O)N(C)CCOC)n1. The van der Waals surface area contributed by atoms with Gasteiger partial charge in [-0.15, -0.1) is 0 Å². The number of anilines is 1. The zero-order chi connectivity index (χ0) is 12.7. The van der Waals surface area contributed by atoms with Gasteiger partial charge in [-0.25, -0.2) is 4.98 Å². The Kier molecular flexibility index (Phi) is 5.42. The van der Waals surface area contributed by atoms with Crippen molar-refractivity contribution in [1.82, 2.24) is 9.88 Å². The number of carbonyl (C=O) groups is 1. The minimum atomic E-state index is -0.0956. The van der Waals surface area contributed by atoms with Gasteiger partial charge in [0.05, 0.1) is 6.61 Å². The highest BCUT2D eigenvalue weighted by molar-refractivity contribution is 5.92. The number of hydrogen-bond donors (Lipinski definition) is 1. The maximum absolute atomic E-state index is 12.0. The molecule has 0 saturated heterocycles. The van der Waals surface area contributed by atoms with Gasteiger partial charge in [0, 0.05) is 27.2 Å². The summed E-state index contributed by atoms with van der Waals surface area (Å²) in [6.07, 6.45) is 0. The van der Waals surface area contributed by atoms with Crippen molar-refractivity contribution in [2.45, 2.75) is 6.92 Å². The zero-order valence-electron chi connectivity index (χ0n) is 10.6. The van der Waals surface area contributed by atoms with Crippen molar-refractivity contribution in [2.75, 3.05) is 39.2 Å². The fraction of sp³-hybridized carbons (Fsp3) is 0.500. The van der Waals surface area contributed by atoms with Gasteiger partial charge in [0.1, 0.15) is 11.5 Å². The number of rotatable bonds is 6. The summed E-state index contributed by atoms with van der Waals surface area (Å²) in [5, 5.41) is 3.08. The third-order valence-electron chi connectivity index (χ3n) is 2.30. The number of methoxy groups -OCH3 is 1. The van der Waals surface area contributed by atoms with Crippen LogP contribution >= 0.6 is 0 Å². The van der Waals surface area contributed by atoms with E-state index in [1.807, 2.05) is 19.1 Å². The molecule has 0 radical (unpaired) electrons. The summed E-state index contributed by atoms with van der Waals surface area (Å²) in [6.45, 7) is 3.85. The monoisotopic (exact) mass is 237 g/mol. The Morgan fingerprint density at radius 1 is 1.53 bits per heavy atom. The lowest BCUT2D eigenvalue weighted by atomic mass is 10.3. The molecule has 1 N–H and O–H groups in total. The van der Waals surface area contributed by atoms with Gasteiger partial charge in [0.25, 0.3) is 5.91 Å². The summed E-state index contributed by atoms with van der Waals surface area (Å²) in [5.41, 5.74) is 0.446. The molecular formula is C12H19N3O2. The maximum atomic E-state index is 12.0. The van der Waals surface area contributed by atoms with Crippen LogP contribution in [0.2, 0.25) is 0 Å². The second-order valence-corrected chi connectivity index (χ2v) is 3.66. The standard InChI is InChI=1S/C12H19N3O2/c1-4-13-11-7-5-6-10(14-11)12(16)15(2)8-9-17-3/h5-7H,4,8-9H2,1-3H3,(H,13,14). The van der Waals surface area contributed by atoms with Gasteiger partial charge in [-0.3, -0.25) is 4.79 Å². The fourth-order valence-corrected chi connectivity index (χ4v) is 1.36. The second kappa shape index (κ2) is 6.85. The van der Waals surface area contributed by atoms with Crippen LogP contribution in [0.3, 0.4) is 0 Å². The van der Waals surface area contributed by atoms with Gasteiger partial charge >= 0.3 is 0 Å². The van der Waals surface area contributed by atoms with Crippen LogP contribution in [0.1, 0.15) is 17.4 Å². The lowest BCUT2D eigenvalue weighted by Crippen LogP contribution is -2.30. The van der Waals surface area contributed by atoms with Gasteiger partial charge in [0.15, 0.2) is 0 Å². The predicted molar refractivity (Wildman–Crippen MR) is 67.2 cm³/mol. The Morgan fingerprint density at radius 3 is 2.94 bits per heavy atom. The topological polar surface area (TPSA) is 54.5 Å². The lowest BCUT2D eigenvalue weighted by molar-refractivity contribution is 0.0739. The molecule has 0 spiro atoms. The fourth-order valence-electron chi connectivity index (χ4n) is 1.36. The van der Waals surface area contributed by atoms with E-state index in [0.717, 1.165) is 12.4 Å². The van der Waals surface area contributed by atoms with Crippen molar-refractivity contribution in [3.05, 3.63) is 23.9 Å². The molecule has 17 heavy (non-hydrogen) atoms. The maximum Gasteiger partial charge on any atom is 0.272 e. The van der Waals surface area contributed by atoms with Crippen molar-refractivity contribution in [3.63, 3.8) is 0 Å². The molecule has 1 aromatic rings. The van der Waals surface area contributed by atoms with E-state index >= 15 is 0 Å². The number of nitrogens with one attached hydrogen (secondary N) is 1. The number of carbonyl (C=O) groups excluding carboxylic acids is 1. The smallest absolute Gasteiger partial charge is 0.272 e. The van der Waals surface area contributed by atoms with Crippen LogP contribution in [0.4, 0.5) is 5.82 Å². The Morgan fingerprint density at radius 2 is 2.29 bits per heavy atom. The van der Waals surface area contributed by atoms with Gasteiger partial charge < -0.3 is 15.0 Å². The van der Waals surface area contributed by atoms with Crippen LogP contribution < -0.4 is 5.32 Å². The summed E-state index contributed by atoms with van der Waals surface area (Å²) in [5.74, 6) is 0.625. The quantitative estimate of drug-likeness (QED) is 0.808. The molecule has 5 heteroatoms. The molecule has 1 heterocycles. The number of aromatic nitrogens is 1. The summed E-state index contributed by atoms with van der Waals surface area (Å²) < 4.78 is 4.93. The summed E-state index contributed by atoms with van der Waals surface area (Å²) in [6, 6.07) is 5.38. The van der Waals surface area contributed by atoms with E-state index in [9.17, 15) is 4.79 Å². The van der Waals surface area contributed by atoms with E-state index in [4.69, 9.17) is 4.74 Å². The molecule has 94 valence electrons. The summed E-state index contributed by atoms with van der Waals surface area (Å²) in [7, 11) is 3.35. The Hall–Kier alpha value is -1.62. The van der Waals surface area contributed by atoms with E-state index in [1.165, 1.54) is 0 Å². The average Bonchev–Trinajstić information content (AvgIpc) is 2.35. The third kappa shape index (κ3) is 4.03. The first-order valence-electron chi connectivity index (χ1n) is 5.64. The van der Waals surface area contributed by atoms with Crippen molar-refractivity contribution >= 4 is 11.7 Å². The normalized spacial score (nSPS) is 10.1. The zero-order valence-corrected chi connectivity index (χ0v) is 10.6. The molecule has 0 atom stereocenters. The minimum absolute atomic E-state index is 0.0956. The highest BCUT2D eigenvalue weighted by atomic mass is 16.5. The predicted octanol–water partition coefficient (Wildman–Crippen LogP) is 1.23. The van der Waals surface area contributed by atoms with Crippen LogP contribution in [-0.4, -0.2) is 49.6 Å². The molecule has 0 aromatic carbocycles. The largest absolute Gasteiger partial charge is 0.383 e. The van der Waals surface area contributed by atoms with E-state index in [2.05, 4.69) is 10.3 Å². The number of ether oxygens (including phenoxy) is 1. The van der Waals surface area contributed by atoms with E-state index in [1.54, 1.807) is 25.1 Å².